The van der Waals surface area contributed by atoms with Crippen molar-refractivity contribution >= 4 is 21.8 Å². The topological polar surface area (TPSA) is 38.3 Å². The lowest BCUT2D eigenvalue weighted by atomic mass is 10.2. The van der Waals surface area contributed by atoms with E-state index >= 15 is 0 Å². The zero-order chi connectivity index (χ0) is 12.7. The summed E-state index contributed by atoms with van der Waals surface area (Å²) in [6.45, 7) is 6.73. The van der Waals surface area contributed by atoms with Gasteiger partial charge in [0.25, 0.3) is 5.91 Å². The van der Waals surface area contributed by atoms with Gasteiger partial charge in [-0.3, -0.25) is 4.79 Å². The fourth-order valence-electron chi connectivity index (χ4n) is 1.25. The van der Waals surface area contributed by atoms with Crippen molar-refractivity contribution in [1.82, 2.24) is 5.32 Å². The van der Waals surface area contributed by atoms with E-state index < -0.39 is 0 Å². The van der Waals surface area contributed by atoms with Crippen molar-refractivity contribution in [3.05, 3.63) is 40.9 Å². The van der Waals surface area contributed by atoms with E-state index in [1.807, 2.05) is 6.92 Å². The first kappa shape index (κ1) is 13.8. The molecule has 0 aromatic heterocycles. The number of rotatable bonds is 6. The molecule has 0 saturated carbocycles. The van der Waals surface area contributed by atoms with Gasteiger partial charge in [0.1, 0.15) is 12.4 Å². The molecule has 0 heterocycles. The molecule has 1 aromatic carbocycles. The Bertz CT molecular complexity index is 404. The Morgan fingerprint density at radius 2 is 2.35 bits per heavy atom. The fraction of sp³-hybridized carbons (Fsp3) is 0.308. The molecule has 1 amide bonds. The van der Waals surface area contributed by atoms with Crippen molar-refractivity contribution in [2.75, 3.05) is 13.2 Å². The monoisotopic (exact) mass is 297 g/mol. The second-order valence-corrected chi connectivity index (χ2v) is 4.36. The van der Waals surface area contributed by atoms with Crippen LogP contribution in [0, 0.1) is 0 Å². The van der Waals surface area contributed by atoms with Crippen LogP contribution in [0.15, 0.2) is 35.3 Å². The number of halogens is 1. The lowest BCUT2D eigenvalue weighted by molar-refractivity contribution is 0.0953. The normalized spacial score (nSPS) is 9.76. The molecular weight excluding hydrogens is 282 g/mol. The molecule has 92 valence electrons. The van der Waals surface area contributed by atoms with Crippen LogP contribution in [0.4, 0.5) is 0 Å². The minimum Gasteiger partial charge on any atom is -0.488 e. The molecule has 0 aliphatic rings. The number of ether oxygens (including phenoxy) is 1. The molecule has 0 radical (unpaired) electrons. The second-order valence-electron chi connectivity index (χ2n) is 3.50. The van der Waals surface area contributed by atoms with Gasteiger partial charge in [-0.1, -0.05) is 19.6 Å². The second kappa shape index (κ2) is 7.12. The number of nitrogens with one attached hydrogen (secondary N) is 1. The van der Waals surface area contributed by atoms with Crippen LogP contribution in [-0.4, -0.2) is 19.1 Å². The van der Waals surface area contributed by atoms with Gasteiger partial charge >= 0.3 is 0 Å². The summed E-state index contributed by atoms with van der Waals surface area (Å²) in [5.74, 6) is 0.639. The molecule has 3 nitrogen and oxygen atoms in total. The smallest absolute Gasteiger partial charge is 0.251 e. The molecule has 17 heavy (non-hydrogen) atoms. The first-order chi connectivity index (χ1) is 8.19. The summed E-state index contributed by atoms with van der Waals surface area (Å²) in [6, 6.07) is 5.27. The van der Waals surface area contributed by atoms with Gasteiger partial charge < -0.3 is 10.1 Å². The molecule has 0 aliphatic carbocycles. The van der Waals surface area contributed by atoms with Gasteiger partial charge in [-0.15, -0.1) is 0 Å². The molecule has 0 spiro atoms. The van der Waals surface area contributed by atoms with E-state index in [1.165, 1.54) is 0 Å². The molecule has 4 heteroatoms. The molecule has 1 aromatic rings. The standard InChI is InChI=1S/C13H16BrNO2/c1-3-7-15-13(16)10-5-6-12(11(14)9-10)17-8-4-2/h4-6,9H,2-3,7-8H2,1H3,(H,15,16). The number of hydrogen-bond acceptors (Lipinski definition) is 2. The van der Waals surface area contributed by atoms with Crippen LogP contribution in [0.3, 0.4) is 0 Å². The first-order valence-electron chi connectivity index (χ1n) is 5.50. The van der Waals surface area contributed by atoms with Gasteiger partial charge in [0, 0.05) is 12.1 Å². The maximum absolute atomic E-state index is 11.7. The van der Waals surface area contributed by atoms with Crippen LogP contribution in [0.2, 0.25) is 0 Å². The highest BCUT2D eigenvalue weighted by atomic mass is 79.9. The van der Waals surface area contributed by atoms with E-state index in [1.54, 1.807) is 24.3 Å². The average Bonchev–Trinajstić information content (AvgIpc) is 2.34. The summed E-state index contributed by atoms with van der Waals surface area (Å²) < 4.78 is 6.17. The van der Waals surface area contributed by atoms with Crippen LogP contribution in [0.1, 0.15) is 23.7 Å². The van der Waals surface area contributed by atoms with Gasteiger partial charge in [-0.2, -0.15) is 0 Å². The third-order valence-electron chi connectivity index (χ3n) is 2.09. The van der Waals surface area contributed by atoms with Gasteiger partial charge in [0.2, 0.25) is 0 Å². The highest BCUT2D eigenvalue weighted by Crippen LogP contribution is 2.25. The number of hydrogen-bond donors (Lipinski definition) is 1. The highest BCUT2D eigenvalue weighted by molar-refractivity contribution is 9.10. The Hall–Kier alpha value is -1.29. The zero-order valence-electron chi connectivity index (χ0n) is 9.83. The molecule has 1 N–H and O–H groups in total. The van der Waals surface area contributed by atoms with Crippen LogP contribution in [-0.2, 0) is 0 Å². The summed E-state index contributed by atoms with van der Waals surface area (Å²) >= 11 is 3.37. The van der Waals surface area contributed by atoms with Gasteiger partial charge in [-0.25, -0.2) is 0 Å². The number of carbonyl (C=O) groups excluding carboxylic acids is 1. The Morgan fingerprint density at radius 1 is 1.59 bits per heavy atom. The summed E-state index contributed by atoms with van der Waals surface area (Å²) in [5.41, 5.74) is 0.622. The molecule has 0 saturated heterocycles. The van der Waals surface area contributed by atoms with E-state index in [-0.39, 0.29) is 5.91 Å². The summed E-state index contributed by atoms with van der Waals surface area (Å²) in [6.07, 6.45) is 2.60. The third kappa shape index (κ3) is 4.23. The minimum absolute atomic E-state index is 0.0668. The molecule has 1 rings (SSSR count). The number of benzene rings is 1. The largest absolute Gasteiger partial charge is 0.488 e. The van der Waals surface area contributed by atoms with E-state index in [2.05, 4.69) is 27.8 Å². The van der Waals surface area contributed by atoms with Crippen molar-refractivity contribution in [1.29, 1.82) is 0 Å². The highest BCUT2D eigenvalue weighted by Gasteiger charge is 2.08. The predicted molar refractivity (Wildman–Crippen MR) is 72.5 cm³/mol. The summed E-state index contributed by atoms with van der Waals surface area (Å²) in [5, 5.41) is 2.82. The summed E-state index contributed by atoms with van der Waals surface area (Å²) in [7, 11) is 0. The van der Waals surface area contributed by atoms with Crippen molar-refractivity contribution in [2.24, 2.45) is 0 Å². The Kier molecular flexibility index (Phi) is 5.77. The van der Waals surface area contributed by atoms with Crippen LogP contribution in [0.25, 0.3) is 0 Å². The average molecular weight is 298 g/mol. The maximum Gasteiger partial charge on any atom is 0.251 e. The van der Waals surface area contributed by atoms with Crippen LogP contribution in [0.5, 0.6) is 5.75 Å². The van der Waals surface area contributed by atoms with Crippen LogP contribution < -0.4 is 10.1 Å². The van der Waals surface area contributed by atoms with E-state index in [9.17, 15) is 4.79 Å². The fourth-order valence-corrected chi connectivity index (χ4v) is 1.74. The predicted octanol–water partition coefficient (Wildman–Crippen LogP) is 3.15. The SMILES string of the molecule is C=CCOc1ccc(C(=O)NCCC)cc1Br. The zero-order valence-corrected chi connectivity index (χ0v) is 11.4. The third-order valence-corrected chi connectivity index (χ3v) is 2.71. The molecule has 0 aliphatic heterocycles. The van der Waals surface area contributed by atoms with Crippen molar-refractivity contribution < 1.29 is 9.53 Å². The molecule has 0 atom stereocenters. The Morgan fingerprint density at radius 3 is 2.94 bits per heavy atom. The Balaban J connectivity index is 2.73. The quantitative estimate of drug-likeness (QED) is 0.819. The Labute approximate surface area is 110 Å². The van der Waals surface area contributed by atoms with Gasteiger partial charge in [-0.05, 0) is 40.5 Å². The maximum atomic E-state index is 11.7. The molecule has 0 fully saturated rings. The van der Waals surface area contributed by atoms with Crippen molar-refractivity contribution in [3.8, 4) is 5.75 Å². The van der Waals surface area contributed by atoms with Gasteiger partial charge in [0.15, 0.2) is 0 Å². The van der Waals surface area contributed by atoms with Gasteiger partial charge in [0.05, 0.1) is 4.47 Å². The molecular formula is C13H16BrNO2. The van der Waals surface area contributed by atoms with E-state index in [0.717, 1.165) is 10.9 Å². The molecule has 0 bridgehead atoms. The minimum atomic E-state index is -0.0668. The van der Waals surface area contributed by atoms with Crippen molar-refractivity contribution in [3.63, 3.8) is 0 Å². The number of amides is 1. The first-order valence-corrected chi connectivity index (χ1v) is 6.29. The lowest BCUT2D eigenvalue weighted by Crippen LogP contribution is -2.23. The molecule has 0 unspecified atom stereocenters. The van der Waals surface area contributed by atoms with Crippen LogP contribution >= 0.6 is 15.9 Å². The summed E-state index contributed by atoms with van der Waals surface area (Å²) in [4.78, 5) is 11.7. The lowest BCUT2D eigenvalue weighted by Gasteiger charge is -2.08. The number of carbonyl (C=O) groups is 1. The van der Waals surface area contributed by atoms with E-state index in [0.29, 0.717) is 24.5 Å². The van der Waals surface area contributed by atoms with Crippen molar-refractivity contribution in [2.45, 2.75) is 13.3 Å². The van der Waals surface area contributed by atoms with E-state index in [4.69, 9.17) is 4.74 Å².